The largest absolute Gasteiger partial charge is 0.322 e. The van der Waals surface area contributed by atoms with Crippen molar-refractivity contribution in [2.24, 2.45) is 0 Å². The van der Waals surface area contributed by atoms with Gasteiger partial charge in [-0.25, -0.2) is 21.2 Å². The van der Waals surface area contributed by atoms with Crippen LogP contribution in [0, 0.1) is 5.82 Å². The van der Waals surface area contributed by atoms with Gasteiger partial charge in [0.15, 0.2) is 19.7 Å². The zero-order valence-corrected chi connectivity index (χ0v) is 16.2. The van der Waals surface area contributed by atoms with Crippen molar-refractivity contribution in [1.82, 2.24) is 0 Å². The number of sulfone groups is 2. The molecule has 1 aliphatic rings. The summed E-state index contributed by atoms with van der Waals surface area (Å²) in [6, 6.07) is 9.04. The Kier molecular flexibility index (Phi) is 5.29. The van der Waals surface area contributed by atoms with E-state index in [4.69, 9.17) is 11.6 Å². The molecular weight excluding hydrogens is 417 g/mol. The summed E-state index contributed by atoms with van der Waals surface area (Å²) in [5.74, 6) is -2.42. The number of benzene rings is 2. The summed E-state index contributed by atoms with van der Waals surface area (Å²) < 4.78 is 62.6. The number of carbonyl (C=O) groups is 1. The van der Waals surface area contributed by atoms with Crippen LogP contribution in [-0.2, 0) is 19.7 Å². The molecule has 1 amide bonds. The lowest BCUT2D eigenvalue weighted by atomic mass is 10.2. The van der Waals surface area contributed by atoms with Crippen molar-refractivity contribution in [3.05, 3.63) is 58.9 Å². The Morgan fingerprint density at radius 3 is 2.56 bits per heavy atom. The molecule has 0 spiro atoms. The van der Waals surface area contributed by atoms with E-state index < -0.39 is 48.0 Å². The number of anilines is 1. The van der Waals surface area contributed by atoms with E-state index in [9.17, 15) is 26.0 Å². The molecule has 144 valence electrons. The number of halogens is 2. The number of hydrogen-bond donors (Lipinski definition) is 1. The lowest BCUT2D eigenvalue weighted by Crippen LogP contribution is -2.23. The molecule has 3 rings (SSSR count). The normalized spacial score (nSPS) is 19.0. The van der Waals surface area contributed by atoms with E-state index in [1.54, 1.807) is 18.2 Å². The molecule has 1 N–H and O–H groups in total. The van der Waals surface area contributed by atoms with Gasteiger partial charge < -0.3 is 5.32 Å². The number of nitrogens with one attached hydrogen (secondary N) is 1. The maximum absolute atomic E-state index is 14.1. The minimum absolute atomic E-state index is 0.0217. The van der Waals surface area contributed by atoms with Gasteiger partial charge in [-0.1, -0.05) is 17.7 Å². The highest BCUT2D eigenvalue weighted by atomic mass is 35.5. The quantitative estimate of drug-likeness (QED) is 0.750. The average molecular weight is 432 g/mol. The van der Waals surface area contributed by atoms with Gasteiger partial charge in [-0.2, -0.15) is 0 Å². The summed E-state index contributed by atoms with van der Waals surface area (Å²) in [5.41, 5.74) is -0.140. The summed E-state index contributed by atoms with van der Waals surface area (Å²) in [6.45, 7) is 0. The van der Waals surface area contributed by atoms with E-state index in [1.807, 2.05) is 0 Å². The van der Waals surface area contributed by atoms with E-state index in [0.717, 1.165) is 18.2 Å². The minimum Gasteiger partial charge on any atom is -0.322 e. The Bertz CT molecular complexity index is 1120. The maximum atomic E-state index is 14.1. The average Bonchev–Trinajstić information content (AvgIpc) is 2.95. The lowest BCUT2D eigenvalue weighted by Gasteiger charge is -2.12. The second kappa shape index (κ2) is 7.21. The standard InChI is InChI=1S/C17H15ClFNO5S2/c18-11-2-1-3-12(8-11)20-17(21)15-9-13(4-5-16(15)19)27(24,25)14-6-7-26(22,23)10-14/h1-5,8-9,14H,6-7,10H2,(H,20,21)/t14-/m0/s1. The van der Waals surface area contributed by atoms with E-state index >= 15 is 0 Å². The molecule has 0 saturated carbocycles. The molecule has 2 aromatic rings. The predicted octanol–water partition coefficient (Wildman–Crippen LogP) is 2.69. The molecule has 6 nitrogen and oxygen atoms in total. The summed E-state index contributed by atoms with van der Waals surface area (Å²) >= 11 is 5.83. The molecule has 27 heavy (non-hydrogen) atoms. The molecule has 0 bridgehead atoms. The summed E-state index contributed by atoms with van der Waals surface area (Å²) in [6.07, 6.45) is -0.0217. The van der Waals surface area contributed by atoms with Crippen LogP contribution in [-0.4, -0.2) is 39.5 Å². The first-order valence-electron chi connectivity index (χ1n) is 7.89. The number of amides is 1. The van der Waals surface area contributed by atoms with Crippen molar-refractivity contribution in [1.29, 1.82) is 0 Å². The molecule has 1 heterocycles. The third kappa shape index (κ3) is 4.31. The maximum Gasteiger partial charge on any atom is 0.258 e. The molecule has 0 radical (unpaired) electrons. The Morgan fingerprint density at radius 1 is 1.19 bits per heavy atom. The topological polar surface area (TPSA) is 97.4 Å². The van der Waals surface area contributed by atoms with Gasteiger partial charge in [0.2, 0.25) is 0 Å². The number of hydrogen-bond acceptors (Lipinski definition) is 5. The first kappa shape index (κ1) is 19.8. The van der Waals surface area contributed by atoms with Gasteiger partial charge in [0, 0.05) is 10.7 Å². The van der Waals surface area contributed by atoms with Crippen molar-refractivity contribution < 1.29 is 26.0 Å². The zero-order chi connectivity index (χ0) is 19.8. The van der Waals surface area contributed by atoms with Gasteiger partial charge in [-0.05, 0) is 42.8 Å². The highest BCUT2D eigenvalue weighted by Gasteiger charge is 2.38. The summed E-state index contributed by atoms with van der Waals surface area (Å²) in [7, 11) is -7.42. The van der Waals surface area contributed by atoms with Gasteiger partial charge in [0.25, 0.3) is 5.91 Å². The molecular formula is C17H15ClFNO5S2. The molecule has 1 fully saturated rings. The smallest absolute Gasteiger partial charge is 0.258 e. The second-order valence-electron chi connectivity index (χ2n) is 6.18. The van der Waals surface area contributed by atoms with Gasteiger partial charge in [0.05, 0.1) is 27.2 Å². The van der Waals surface area contributed by atoms with Crippen molar-refractivity contribution in [3.63, 3.8) is 0 Å². The van der Waals surface area contributed by atoms with Crippen LogP contribution in [0.2, 0.25) is 5.02 Å². The Morgan fingerprint density at radius 2 is 1.93 bits per heavy atom. The van der Waals surface area contributed by atoms with Crippen LogP contribution in [0.4, 0.5) is 10.1 Å². The van der Waals surface area contributed by atoms with Gasteiger partial charge >= 0.3 is 0 Å². The van der Waals surface area contributed by atoms with Crippen molar-refractivity contribution >= 4 is 42.9 Å². The Balaban J connectivity index is 1.91. The van der Waals surface area contributed by atoms with Gasteiger partial charge in [-0.3, -0.25) is 4.79 Å². The van der Waals surface area contributed by atoms with Crippen LogP contribution in [0.5, 0.6) is 0 Å². The second-order valence-corrected chi connectivity index (χ2v) is 11.1. The number of carbonyl (C=O) groups excluding carboxylic acids is 1. The monoisotopic (exact) mass is 431 g/mol. The fraction of sp³-hybridized carbons (Fsp3) is 0.235. The lowest BCUT2D eigenvalue weighted by molar-refractivity contribution is 0.102. The molecule has 1 aliphatic heterocycles. The Labute approximate surface area is 161 Å². The third-order valence-corrected chi connectivity index (χ3v) is 8.63. The van der Waals surface area contributed by atoms with Crippen LogP contribution in [0.25, 0.3) is 0 Å². The number of rotatable bonds is 4. The summed E-state index contributed by atoms with van der Waals surface area (Å²) in [4.78, 5) is 12.1. The fourth-order valence-electron chi connectivity index (χ4n) is 2.82. The van der Waals surface area contributed by atoms with Crippen molar-refractivity contribution in [3.8, 4) is 0 Å². The minimum atomic E-state index is -4.01. The SMILES string of the molecule is O=C(Nc1cccc(Cl)c1)c1cc(S(=O)(=O)[C@H]2CCS(=O)(=O)C2)ccc1F. The Hall–Kier alpha value is -1.97. The molecule has 10 heteroatoms. The molecule has 1 saturated heterocycles. The molecule has 0 aliphatic carbocycles. The fourth-order valence-corrected chi connectivity index (χ4v) is 7.39. The van der Waals surface area contributed by atoms with Gasteiger partial charge in [0.1, 0.15) is 5.82 Å². The van der Waals surface area contributed by atoms with Crippen molar-refractivity contribution in [2.45, 2.75) is 16.6 Å². The molecule has 2 aromatic carbocycles. The first-order valence-corrected chi connectivity index (χ1v) is 11.6. The molecule has 0 unspecified atom stereocenters. The molecule has 0 aromatic heterocycles. The van der Waals surface area contributed by atoms with Crippen LogP contribution in [0.15, 0.2) is 47.4 Å². The zero-order valence-electron chi connectivity index (χ0n) is 13.9. The van der Waals surface area contributed by atoms with Crippen LogP contribution in [0.1, 0.15) is 16.8 Å². The van der Waals surface area contributed by atoms with Crippen LogP contribution in [0.3, 0.4) is 0 Å². The molecule has 1 atom stereocenters. The third-order valence-electron chi connectivity index (χ3n) is 4.22. The van der Waals surface area contributed by atoms with E-state index in [2.05, 4.69) is 5.32 Å². The van der Waals surface area contributed by atoms with E-state index in [1.165, 1.54) is 6.07 Å². The van der Waals surface area contributed by atoms with Gasteiger partial charge in [-0.15, -0.1) is 0 Å². The highest BCUT2D eigenvalue weighted by Crippen LogP contribution is 2.27. The highest BCUT2D eigenvalue weighted by molar-refractivity contribution is 7.96. The van der Waals surface area contributed by atoms with Crippen LogP contribution < -0.4 is 5.32 Å². The predicted molar refractivity (Wildman–Crippen MR) is 100 cm³/mol. The van der Waals surface area contributed by atoms with E-state index in [0.29, 0.717) is 10.7 Å². The van der Waals surface area contributed by atoms with Crippen LogP contribution >= 0.6 is 11.6 Å². The first-order chi connectivity index (χ1) is 12.6. The van der Waals surface area contributed by atoms with Crippen molar-refractivity contribution in [2.75, 3.05) is 16.8 Å². The summed E-state index contributed by atoms with van der Waals surface area (Å²) in [5, 5.41) is 1.71. The van der Waals surface area contributed by atoms with E-state index in [-0.39, 0.29) is 17.1 Å².